The second-order valence-electron chi connectivity index (χ2n) is 5.75. The molecule has 3 rings (SSSR count). The number of carbonyl (C=O) groups excluding carboxylic acids is 1. The third kappa shape index (κ3) is 3.95. The number of carbonyl (C=O) groups is 1. The molecule has 0 aliphatic heterocycles. The lowest BCUT2D eigenvalue weighted by molar-refractivity contribution is -0.113. The van der Waals surface area contributed by atoms with Gasteiger partial charge in [0, 0.05) is 6.54 Å². The Kier molecular flexibility index (Phi) is 6.01. The number of nitrogens with zero attached hydrogens (tertiary/aromatic N) is 2. The number of halogens is 1. The van der Waals surface area contributed by atoms with E-state index >= 15 is 0 Å². The minimum Gasteiger partial charge on any atom is -0.324 e. The molecule has 0 spiro atoms. The highest BCUT2D eigenvalue weighted by molar-refractivity contribution is 7.99. The van der Waals surface area contributed by atoms with Gasteiger partial charge in [-0.3, -0.25) is 14.2 Å². The monoisotopic (exact) mass is 407 g/mol. The van der Waals surface area contributed by atoms with Crippen LogP contribution in [0.25, 0.3) is 10.2 Å². The molecule has 2 aromatic heterocycles. The molecule has 0 bridgehead atoms. The number of thioether (sulfide) groups is 1. The summed E-state index contributed by atoms with van der Waals surface area (Å²) in [6.07, 6.45) is 0.817. The lowest BCUT2D eigenvalue weighted by Crippen LogP contribution is -2.23. The van der Waals surface area contributed by atoms with Crippen molar-refractivity contribution in [3.8, 4) is 0 Å². The molecule has 5 nitrogen and oxygen atoms in total. The Bertz CT molecular complexity index is 993. The number of aryl methyl sites for hydroxylation is 1. The fourth-order valence-corrected chi connectivity index (χ4v) is 4.42. The Morgan fingerprint density at radius 3 is 2.92 bits per heavy atom. The van der Waals surface area contributed by atoms with E-state index in [0.29, 0.717) is 32.6 Å². The Morgan fingerprint density at radius 2 is 2.19 bits per heavy atom. The van der Waals surface area contributed by atoms with E-state index < -0.39 is 0 Å². The molecule has 0 saturated carbocycles. The van der Waals surface area contributed by atoms with Crippen LogP contribution in [0.3, 0.4) is 0 Å². The summed E-state index contributed by atoms with van der Waals surface area (Å²) in [5.41, 5.74) is 2.15. The van der Waals surface area contributed by atoms with Gasteiger partial charge in [0.15, 0.2) is 5.16 Å². The van der Waals surface area contributed by atoms with Gasteiger partial charge in [-0.1, -0.05) is 42.4 Å². The summed E-state index contributed by atoms with van der Waals surface area (Å²) in [7, 11) is 0. The fourth-order valence-electron chi connectivity index (χ4n) is 2.55. The van der Waals surface area contributed by atoms with E-state index in [0.717, 1.165) is 12.0 Å². The van der Waals surface area contributed by atoms with Crippen LogP contribution in [0.1, 0.15) is 18.9 Å². The quantitative estimate of drug-likeness (QED) is 0.480. The molecule has 1 amide bonds. The maximum absolute atomic E-state index is 12.6. The summed E-state index contributed by atoms with van der Waals surface area (Å²) in [4.78, 5) is 29.5. The summed E-state index contributed by atoms with van der Waals surface area (Å²) < 4.78 is 2.30. The standard InChI is InChI=1S/C18H18ClN3O2S2/c1-3-8-22-17(24)16-13(7-9-25-16)20-18(22)26-10-14(23)21-15-11(2)5-4-6-12(15)19/h4-7,9H,3,8,10H2,1-2H3,(H,21,23). The van der Waals surface area contributed by atoms with Gasteiger partial charge in [0.1, 0.15) is 4.70 Å². The number of nitrogens with one attached hydrogen (secondary N) is 1. The van der Waals surface area contributed by atoms with E-state index in [-0.39, 0.29) is 17.2 Å². The van der Waals surface area contributed by atoms with Crippen LogP contribution < -0.4 is 10.9 Å². The highest BCUT2D eigenvalue weighted by Crippen LogP contribution is 2.26. The van der Waals surface area contributed by atoms with Crippen LogP contribution in [-0.4, -0.2) is 21.2 Å². The van der Waals surface area contributed by atoms with Crippen LogP contribution in [0, 0.1) is 6.92 Å². The number of benzene rings is 1. The molecular formula is C18H18ClN3O2S2. The first-order chi connectivity index (χ1) is 12.5. The number of para-hydroxylation sites is 1. The van der Waals surface area contributed by atoms with Gasteiger partial charge in [-0.05, 0) is 36.4 Å². The third-order valence-electron chi connectivity index (χ3n) is 3.80. The van der Waals surface area contributed by atoms with E-state index in [1.165, 1.54) is 23.1 Å². The Balaban J connectivity index is 1.79. The second-order valence-corrected chi connectivity index (χ2v) is 8.02. The predicted molar refractivity (Wildman–Crippen MR) is 110 cm³/mol. The summed E-state index contributed by atoms with van der Waals surface area (Å²) in [6.45, 7) is 4.47. The van der Waals surface area contributed by atoms with Crippen LogP contribution in [0.2, 0.25) is 5.02 Å². The summed E-state index contributed by atoms with van der Waals surface area (Å²) >= 11 is 8.81. The molecule has 0 unspecified atom stereocenters. The Hall–Kier alpha value is -1.83. The molecule has 1 aromatic carbocycles. The van der Waals surface area contributed by atoms with Crippen LogP contribution in [0.4, 0.5) is 5.69 Å². The fraction of sp³-hybridized carbons (Fsp3) is 0.278. The molecule has 0 radical (unpaired) electrons. The average molecular weight is 408 g/mol. The molecule has 0 fully saturated rings. The first-order valence-corrected chi connectivity index (χ1v) is 10.4. The van der Waals surface area contributed by atoms with Gasteiger partial charge < -0.3 is 5.32 Å². The van der Waals surface area contributed by atoms with Crippen molar-refractivity contribution in [2.24, 2.45) is 0 Å². The van der Waals surface area contributed by atoms with E-state index in [1.54, 1.807) is 10.6 Å². The van der Waals surface area contributed by atoms with Crippen molar-refractivity contribution < 1.29 is 4.79 Å². The number of amides is 1. The molecule has 0 atom stereocenters. The zero-order valence-corrected chi connectivity index (χ0v) is 16.8. The maximum Gasteiger partial charge on any atom is 0.272 e. The normalized spacial score (nSPS) is 11.0. The molecule has 26 heavy (non-hydrogen) atoms. The Labute approximate surface area is 164 Å². The highest BCUT2D eigenvalue weighted by atomic mass is 35.5. The molecule has 1 N–H and O–H groups in total. The lowest BCUT2D eigenvalue weighted by atomic mass is 10.2. The second kappa shape index (κ2) is 8.24. The van der Waals surface area contributed by atoms with E-state index in [1.807, 2.05) is 37.4 Å². The van der Waals surface area contributed by atoms with Crippen molar-refractivity contribution in [3.05, 3.63) is 50.6 Å². The van der Waals surface area contributed by atoms with Crippen molar-refractivity contribution in [2.45, 2.75) is 32.0 Å². The SMILES string of the molecule is CCCn1c(SCC(=O)Nc2c(C)cccc2Cl)nc2ccsc2c1=O. The summed E-state index contributed by atoms with van der Waals surface area (Å²) in [5, 5.41) is 5.77. The molecular weight excluding hydrogens is 390 g/mol. The van der Waals surface area contributed by atoms with Gasteiger partial charge in [0.25, 0.3) is 5.56 Å². The number of hydrogen-bond acceptors (Lipinski definition) is 5. The van der Waals surface area contributed by atoms with Crippen molar-refractivity contribution in [2.75, 3.05) is 11.1 Å². The van der Waals surface area contributed by atoms with Crippen LogP contribution in [-0.2, 0) is 11.3 Å². The van der Waals surface area contributed by atoms with Crippen molar-refractivity contribution in [3.63, 3.8) is 0 Å². The number of rotatable bonds is 6. The molecule has 8 heteroatoms. The number of fused-ring (bicyclic) bond motifs is 1. The van der Waals surface area contributed by atoms with Gasteiger partial charge in [0.05, 0.1) is 22.0 Å². The average Bonchev–Trinajstić information content (AvgIpc) is 3.08. The zero-order valence-electron chi connectivity index (χ0n) is 14.4. The molecule has 0 aliphatic rings. The lowest BCUT2D eigenvalue weighted by Gasteiger charge is -2.12. The first kappa shape index (κ1) is 18.9. The van der Waals surface area contributed by atoms with Crippen molar-refractivity contribution >= 4 is 56.5 Å². The van der Waals surface area contributed by atoms with Crippen molar-refractivity contribution in [1.82, 2.24) is 9.55 Å². The maximum atomic E-state index is 12.6. The number of hydrogen-bond donors (Lipinski definition) is 1. The minimum absolute atomic E-state index is 0.0447. The van der Waals surface area contributed by atoms with Crippen LogP contribution >= 0.6 is 34.7 Å². The molecule has 3 aromatic rings. The summed E-state index contributed by atoms with van der Waals surface area (Å²) in [5.74, 6) is -0.0369. The first-order valence-electron chi connectivity index (χ1n) is 8.17. The van der Waals surface area contributed by atoms with Gasteiger partial charge in [0.2, 0.25) is 5.91 Å². The summed E-state index contributed by atoms with van der Waals surface area (Å²) in [6, 6.07) is 7.29. The van der Waals surface area contributed by atoms with E-state index in [2.05, 4.69) is 10.3 Å². The van der Waals surface area contributed by atoms with E-state index in [9.17, 15) is 9.59 Å². The molecule has 2 heterocycles. The number of aromatic nitrogens is 2. The highest BCUT2D eigenvalue weighted by Gasteiger charge is 2.14. The minimum atomic E-state index is -0.186. The molecule has 136 valence electrons. The zero-order chi connectivity index (χ0) is 18.7. The Morgan fingerprint density at radius 1 is 1.38 bits per heavy atom. The number of anilines is 1. The smallest absolute Gasteiger partial charge is 0.272 e. The third-order valence-corrected chi connectivity index (χ3v) is 5.98. The van der Waals surface area contributed by atoms with Crippen LogP contribution in [0.15, 0.2) is 39.6 Å². The topological polar surface area (TPSA) is 64.0 Å². The van der Waals surface area contributed by atoms with Gasteiger partial charge in [-0.25, -0.2) is 4.98 Å². The van der Waals surface area contributed by atoms with Crippen molar-refractivity contribution in [1.29, 1.82) is 0 Å². The molecule has 0 aliphatic carbocycles. The number of thiophene rings is 1. The van der Waals surface area contributed by atoms with Gasteiger partial charge >= 0.3 is 0 Å². The van der Waals surface area contributed by atoms with E-state index in [4.69, 9.17) is 11.6 Å². The predicted octanol–water partition coefficient (Wildman–Crippen LogP) is 4.56. The van der Waals surface area contributed by atoms with Crippen LogP contribution in [0.5, 0.6) is 0 Å². The largest absolute Gasteiger partial charge is 0.324 e. The van der Waals surface area contributed by atoms with Gasteiger partial charge in [-0.15, -0.1) is 11.3 Å². The van der Waals surface area contributed by atoms with Gasteiger partial charge in [-0.2, -0.15) is 0 Å². The molecule has 0 saturated heterocycles.